The second-order valence-electron chi connectivity index (χ2n) is 6.94. The number of carbonyl (C=O) groups is 3. The van der Waals surface area contributed by atoms with Gasteiger partial charge in [0.2, 0.25) is 6.29 Å². The van der Waals surface area contributed by atoms with Gasteiger partial charge in [-0.05, 0) is 24.3 Å². The Bertz CT molecular complexity index is 680. The molecule has 1 saturated carbocycles. The van der Waals surface area contributed by atoms with Gasteiger partial charge in [0.15, 0.2) is 6.10 Å². The SMILES string of the molecule is C=C1C(=O)O[C@@H]2C[C@@]3(COC(C)=O)[C@@H]4O[C@@H](OC4=O)C(=C)[C@@H]3C[C@H]12. The highest BCUT2D eigenvalue weighted by molar-refractivity contribution is 5.91. The van der Waals surface area contributed by atoms with Crippen molar-refractivity contribution in [1.29, 1.82) is 0 Å². The largest absolute Gasteiger partial charge is 0.465 e. The molecule has 3 aliphatic heterocycles. The standard InChI is InChI=1S/C17H18O7/c1-7-10-4-11-8(2)16-23-13(15(20)24-16)17(11,6-21-9(3)18)5-12(10)22-14(7)19/h10-13,16H,1-2,4-6H2,3H3/t10-,11+,12-,13-,16+,17+/m1/s1. The summed E-state index contributed by atoms with van der Waals surface area (Å²) < 4.78 is 21.6. The Morgan fingerprint density at radius 1 is 1.33 bits per heavy atom. The van der Waals surface area contributed by atoms with Crippen LogP contribution >= 0.6 is 0 Å². The van der Waals surface area contributed by atoms with Crippen LogP contribution in [0.4, 0.5) is 0 Å². The van der Waals surface area contributed by atoms with Crippen LogP contribution in [0.3, 0.4) is 0 Å². The van der Waals surface area contributed by atoms with E-state index >= 15 is 0 Å². The van der Waals surface area contributed by atoms with Gasteiger partial charge < -0.3 is 18.9 Å². The smallest absolute Gasteiger partial charge is 0.338 e. The molecule has 0 aromatic rings. The Labute approximate surface area is 138 Å². The highest BCUT2D eigenvalue weighted by Gasteiger charge is 2.66. The van der Waals surface area contributed by atoms with Crippen LogP contribution in [0.25, 0.3) is 0 Å². The van der Waals surface area contributed by atoms with Crippen LogP contribution in [0.5, 0.6) is 0 Å². The summed E-state index contributed by atoms with van der Waals surface area (Å²) >= 11 is 0. The fourth-order valence-corrected chi connectivity index (χ4v) is 4.51. The maximum atomic E-state index is 12.3. The number of hydrogen-bond acceptors (Lipinski definition) is 7. The molecule has 6 atom stereocenters. The average Bonchev–Trinajstić information content (AvgIpc) is 3.02. The number of ether oxygens (including phenoxy) is 4. The predicted molar refractivity (Wildman–Crippen MR) is 78.2 cm³/mol. The number of rotatable bonds is 2. The summed E-state index contributed by atoms with van der Waals surface area (Å²) in [5.41, 5.74) is 0.244. The third-order valence-corrected chi connectivity index (χ3v) is 5.70. The Morgan fingerprint density at radius 2 is 2.08 bits per heavy atom. The van der Waals surface area contributed by atoms with Crippen molar-refractivity contribution in [1.82, 2.24) is 0 Å². The molecule has 0 amide bonds. The van der Waals surface area contributed by atoms with Crippen LogP contribution in [-0.2, 0) is 33.3 Å². The first-order chi connectivity index (χ1) is 11.3. The molecular formula is C17H18O7. The van der Waals surface area contributed by atoms with Crippen molar-refractivity contribution in [3.05, 3.63) is 24.3 Å². The van der Waals surface area contributed by atoms with Crippen molar-refractivity contribution in [2.24, 2.45) is 17.3 Å². The van der Waals surface area contributed by atoms with Gasteiger partial charge in [-0.15, -0.1) is 0 Å². The summed E-state index contributed by atoms with van der Waals surface area (Å²) in [5.74, 6) is -1.66. The lowest BCUT2D eigenvalue weighted by molar-refractivity contribution is -0.183. The minimum absolute atomic E-state index is 0.00818. The Morgan fingerprint density at radius 3 is 2.79 bits per heavy atom. The van der Waals surface area contributed by atoms with Gasteiger partial charge >= 0.3 is 17.9 Å². The zero-order valence-corrected chi connectivity index (χ0v) is 13.3. The monoisotopic (exact) mass is 334 g/mol. The quantitative estimate of drug-likeness (QED) is 0.320. The van der Waals surface area contributed by atoms with Crippen LogP contribution in [-0.4, -0.2) is 43.0 Å². The van der Waals surface area contributed by atoms with E-state index in [1.807, 2.05) is 0 Å². The molecule has 0 unspecified atom stereocenters. The lowest BCUT2D eigenvalue weighted by atomic mass is 9.56. The second kappa shape index (κ2) is 4.92. The van der Waals surface area contributed by atoms with Gasteiger partial charge in [0.05, 0.1) is 5.41 Å². The van der Waals surface area contributed by atoms with Crippen LogP contribution in [0, 0.1) is 17.3 Å². The molecule has 3 heterocycles. The number of carbonyl (C=O) groups excluding carboxylic acids is 3. The van der Waals surface area contributed by atoms with E-state index in [9.17, 15) is 14.4 Å². The molecule has 7 heteroatoms. The minimum atomic E-state index is -0.856. The van der Waals surface area contributed by atoms with Crippen molar-refractivity contribution in [3.63, 3.8) is 0 Å². The van der Waals surface area contributed by atoms with Gasteiger partial charge in [-0.1, -0.05) is 13.2 Å². The molecule has 128 valence electrons. The zero-order valence-electron chi connectivity index (χ0n) is 13.3. The molecule has 0 aromatic heterocycles. The molecule has 1 aliphatic carbocycles. The summed E-state index contributed by atoms with van der Waals surface area (Å²) in [4.78, 5) is 35.5. The first kappa shape index (κ1) is 15.4. The van der Waals surface area contributed by atoms with E-state index in [1.165, 1.54) is 6.92 Å². The zero-order chi connectivity index (χ0) is 17.2. The van der Waals surface area contributed by atoms with Crippen molar-refractivity contribution in [3.8, 4) is 0 Å². The van der Waals surface area contributed by atoms with Crippen molar-refractivity contribution in [2.75, 3.05) is 6.61 Å². The van der Waals surface area contributed by atoms with E-state index in [2.05, 4.69) is 13.2 Å². The van der Waals surface area contributed by atoms with Crippen molar-refractivity contribution in [2.45, 2.75) is 38.3 Å². The molecule has 4 fully saturated rings. The lowest BCUT2D eigenvalue weighted by Gasteiger charge is -2.51. The highest BCUT2D eigenvalue weighted by atomic mass is 16.8. The van der Waals surface area contributed by atoms with Crippen molar-refractivity contribution < 1.29 is 33.3 Å². The molecule has 3 saturated heterocycles. The van der Waals surface area contributed by atoms with E-state index < -0.39 is 41.8 Å². The summed E-state index contributed by atoms with van der Waals surface area (Å²) in [6.07, 6.45) is -1.15. The molecule has 0 aromatic carbocycles. The summed E-state index contributed by atoms with van der Waals surface area (Å²) in [5, 5.41) is 0. The predicted octanol–water partition coefficient (Wildman–Crippen LogP) is 0.882. The molecule has 4 aliphatic rings. The van der Waals surface area contributed by atoms with E-state index in [-0.39, 0.29) is 18.4 Å². The summed E-state index contributed by atoms with van der Waals surface area (Å²) in [6.45, 7) is 9.17. The molecule has 0 radical (unpaired) electrons. The second-order valence-corrected chi connectivity index (χ2v) is 6.94. The number of hydrogen-bond donors (Lipinski definition) is 0. The molecule has 0 N–H and O–H groups in total. The number of fused-ring (bicyclic) bond motifs is 5. The van der Waals surface area contributed by atoms with E-state index in [0.29, 0.717) is 24.0 Å². The minimum Gasteiger partial charge on any atom is -0.465 e. The summed E-state index contributed by atoms with van der Waals surface area (Å²) in [6, 6.07) is 0. The topological polar surface area (TPSA) is 88.1 Å². The Hall–Kier alpha value is -2.15. The van der Waals surface area contributed by atoms with Crippen LogP contribution in [0.15, 0.2) is 24.3 Å². The van der Waals surface area contributed by atoms with E-state index in [1.54, 1.807) is 0 Å². The van der Waals surface area contributed by atoms with E-state index in [4.69, 9.17) is 18.9 Å². The third-order valence-electron chi connectivity index (χ3n) is 5.70. The highest BCUT2D eigenvalue weighted by Crippen LogP contribution is 2.59. The van der Waals surface area contributed by atoms with E-state index in [0.717, 1.165) is 0 Å². The number of esters is 3. The maximum Gasteiger partial charge on any atom is 0.338 e. The van der Waals surface area contributed by atoms with Crippen LogP contribution in [0.1, 0.15) is 19.8 Å². The fourth-order valence-electron chi connectivity index (χ4n) is 4.51. The third kappa shape index (κ3) is 1.90. The summed E-state index contributed by atoms with van der Waals surface area (Å²) in [7, 11) is 0. The molecule has 4 rings (SSSR count). The first-order valence-corrected chi connectivity index (χ1v) is 7.91. The molecule has 0 spiro atoms. The van der Waals surface area contributed by atoms with Gasteiger partial charge in [0.25, 0.3) is 0 Å². The first-order valence-electron chi connectivity index (χ1n) is 7.91. The van der Waals surface area contributed by atoms with Gasteiger partial charge in [-0.25, -0.2) is 9.59 Å². The molecule has 2 bridgehead atoms. The molecule has 24 heavy (non-hydrogen) atoms. The lowest BCUT2D eigenvalue weighted by Crippen LogP contribution is -2.57. The van der Waals surface area contributed by atoms with Gasteiger partial charge in [-0.3, -0.25) is 4.79 Å². The van der Waals surface area contributed by atoms with Crippen LogP contribution < -0.4 is 0 Å². The Kier molecular flexibility index (Phi) is 3.16. The van der Waals surface area contributed by atoms with Gasteiger partial charge in [0, 0.05) is 18.4 Å². The van der Waals surface area contributed by atoms with Crippen molar-refractivity contribution >= 4 is 17.9 Å². The molecule has 7 nitrogen and oxygen atoms in total. The van der Waals surface area contributed by atoms with Crippen LogP contribution in [0.2, 0.25) is 0 Å². The average molecular weight is 334 g/mol. The molecular weight excluding hydrogens is 316 g/mol. The van der Waals surface area contributed by atoms with Gasteiger partial charge in [0.1, 0.15) is 12.7 Å². The fraction of sp³-hybridized carbons (Fsp3) is 0.588. The maximum absolute atomic E-state index is 12.3. The van der Waals surface area contributed by atoms with Gasteiger partial charge in [-0.2, -0.15) is 0 Å². The Balaban J connectivity index is 1.75. The normalized spacial score (nSPS) is 43.0.